The summed E-state index contributed by atoms with van der Waals surface area (Å²) in [4.78, 5) is 28.0. The standard InChI is InChI=1S/C28H26N8O2S/c37-27-35(24-10-4-6-16-30-24)18-28(38-27)13-11-19(12-14-28)25(36-23-9-2-1-8-21(23)33-34-36)32-26-31-22(17-39-26)20-7-3-5-15-29-20/h1-10,15-17,19,25H,11-14,18H2,(H,31,32)/t19-,25?,28-. The van der Waals surface area contributed by atoms with E-state index in [1.165, 1.54) is 0 Å². The number of benzene rings is 1. The Hall–Kier alpha value is -4.38. The lowest BCUT2D eigenvalue weighted by atomic mass is 9.77. The fraction of sp³-hybridized carbons (Fsp3) is 0.286. The van der Waals surface area contributed by atoms with Gasteiger partial charge in [-0.15, -0.1) is 16.4 Å². The quantitative estimate of drug-likeness (QED) is 0.300. The third-order valence-corrected chi connectivity index (χ3v) is 8.40. The van der Waals surface area contributed by atoms with Gasteiger partial charge in [-0.05, 0) is 68.0 Å². The van der Waals surface area contributed by atoms with E-state index in [1.54, 1.807) is 28.6 Å². The van der Waals surface area contributed by atoms with Gasteiger partial charge >= 0.3 is 6.09 Å². The molecule has 1 spiro atoms. The number of thiazole rings is 1. The smallest absolute Gasteiger partial charge is 0.416 e. The molecule has 39 heavy (non-hydrogen) atoms. The van der Waals surface area contributed by atoms with E-state index in [9.17, 15) is 4.79 Å². The van der Waals surface area contributed by atoms with Crippen LogP contribution in [0.5, 0.6) is 0 Å². The molecule has 4 aromatic heterocycles. The van der Waals surface area contributed by atoms with E-state index in [1.807, 2.05) is 70.7 Å². The molecular weight excluding hydrogens is 512 g/mol. The number of fused-ring (bicyclic) bond motifs is 1. The van der Waals surface area contributed by atoms with Crippen molar-refractivity contribution in [2.75, 3.05) is 16.8 Å². The third-order valence-electron chi connectivity index (χ3n) is 7.63. The molecule has 1 aliphatic carbocycles. The fourth-order valence-electron chi connectivity index (χ4n) is 5.62. The van der Waals surface area contributed by atoms with Crippen LogP contribution in [0.3, 0.4) is 0 Å². The Balaban J connectivity index is 1.14. The van der Waals surface area contributed by atoms with Crippen LogP contribution in [0.2, 0.25) is 0 Å². The highest BCUT2D eigenvalue weighted by Crippen LogP contribution is 2.44. The van der Waals surface area contributed by atoms with Gasteiger partial charge in [0, 0.05) is 17.8 Å². The van der Waals surface area contributed by atoms with Crippen molar-refractivity contribution in [1.29, 1.82) is 0 Å². The van der Waals surface area contributed by atoms with Crippen molar-refractivity contribution in [3.8, 4) is 11.4 Å². The van der Waals surface area contributed by atoms with Crippen LogP contribution in [0, 0.1) is 5.92 Å². The van der Waals surface area contributed by atoms with Crippen LogP contribution in [0.15, 0.2) is 78.4 Å². The Bertz CT molecular complexity index is 1600. The van der Waals surface area contributed by atoms with Crippen molar-refractivity contribution in [2.24, 2.45) is 5.92 Å². The number of carbonyl (C=O) groups excluding carboxylic acids is 1. The molecular formula is C28H26N8O2S. The molecule has 1 saturated heterocycles. The van der Waals surface area contributed by atoms with E-state index in [2.05, 4.69) is 25.6 Å². The number of amides is 1. The maximum absolute atomic E-state index is 12.8. The molecule has 11 heteroatoms. The second kappa shape index (κ2) is 9.73. The van der Waals surface area contributed by atoms with Crippen molar-refractivity contribution in [3.63, 3.8) is 0 Å². The first-order valence-electron chi connectivity index (χ1n) is 13.0. The maximum Gasteiger partial charge on any atom is 0.416 e. The minimum absolute atomic E-state index is 0.165. The molecule has 0 radical (unpaired) electrons. The van der Waals surface area contributed by atoms with Gasteiger partial charge in [0.05, 0.1) is 17.8 Å². The number of para-hydroxylation sites is 1. The number of aromatic nitrogens is 6. The number of ether oxygens (including phenoxy) is 1. The summed E-state index contributed by atoms with van der Waals surface area (Å²) >= 11 is 1.55. The highest BCUT2D eigenvalue weighted by atomic mass is 32.1. The number of pyridine rings is 2. The molecule has 2 fully saturated rings. The highest BCUT2D eigenvalue weighted by Gasteiger charge is 2.49. The maximum atomic E-state index is 12.8. The normalized spacial score (nSPS) is 21.8. The van der Waals surface area contributed by atoms with Gasteiger partial charge in [-0.2, -0.15) is 0 Å². The number of hydrogen-bond donors (Lipinski definition) is 1. The van der Waals surface area contributed by atoms with E-state index in [4.69, 9.17) is 9.72 Å². The van der Waals surface area contributed by atoms with Gasteiger partial charge in [0.15, 0.2) is 5.13 Å². The number of hydrogen-bond acceptors (Lipinski definition) is 9. The van der Waals surface area contributed by atoms with Crippen LogP contribution in [-0.4, -0.2) is 48.2 Å². The molecule has 1 unspecified atom stereocenters. The van der Waals surface area contributed by atoms with E-state index in [0.717, 1.165) is 53.2 Å². The lowest BCUT2D eigenvalue weighted by Gasteiger charge is -2.38. The average molecular weight is 539 g/mol. The molecule has 5 heterocycles. The Labute approximate surface area is 228 Å². The van der Waals surface area contributed by atoms with Gasteiger partial charge < -0.3 is 10.1 Å². The molecule has 7 rings (SSSR count). The first-order chi connectivity index (χ1) is 19.2. The van der Waals surface area contributed by atoms with Gasteiger partial charge in [0.25, 0.3) is 0 Å². The van der Waals surface area contributed by atoms with E-state index >= 15 is 0 Å². The van der Waals surface area contributed by atoms with Gasteiger partial charge in [0.1, 0.15) is 28.8 Å². The number of carbonyl (C=O) groups is 1. The van der Waals surface area contributed by atoms with Crippen LogP contribution >= 0.6 is 11.3 Å². The van der Waals surface area contributed by atoms with Crippen LogP contribution in [0.1, 0.15) is 31.8 Å². The summed E-state index contributed by atoms with van der Waals surface area (Å²) in [5.74, 6) is 0.855. The van der Waals surface area contributed by atoms with Crippen LogP contribution in [-0.2, 0) is 4.74 Å². The zero-order valence-electron chi connectivity index (χ0n) is 21.1. The van der Waals surface area contributed by atoms with Crippen LogP contribution < -0.4 is 10.2 Å². The molecule has 1 amide bonds. The number of rotatable bonds is 6. The lowest BCUT2D eigenvalue weighted by Crippen LogP contribution is -2.41. The molecule has 1 aromatic carbocycles. The highest BCUT2D eigenvalue weighted by molar-refractivity contribution is 7.14. The first kappa shape index (κ1) is 23.7. The minimum Gasteiger partial charge on any atom is -0.441 e. The Morgan fingerprint density at radius 1 is 0.974 bits per heavy atom. The predicted molar refractivity (Wildman–Crippen MR) is 148 cm³/mol. The summed E-state index contributed by atoms with van der Waals surface area (Å²) in [6.07, 6.45) is 6.20. The van der Waals surface area contributed by atoms with Crippen LogP contribution in [0.4, 0.5) is 15.7 Å². The fourth-order valence-corrected chi connectivity index (χ4v) is 6.36. The topological polar surface area (TPSA) is 111 Å². The summed E-state index contributed by atoms with van der Waals surface area (Å²) in [6.45, 7) is 0.514. The van der Waals surface area contributed by atoms with E-state index in [0.29, 0.717) is 12.4 Å². The molecule has 1 atom stereocenters. The molecule has 196 valence electrons. The Kier molecular flexibility index (Phi) is 5.92. The van der Waals surface area contributed by atoms with Crippen molar-refractivity contribution in [3.05, 3.63) is 78.4 Å². The largest absolute Gasteiger partial charge is 0.441 e. The molecule has 1 N–H and O–H groups in total. The molecule has 10 nitrogen and oxygen atoms in total. The molecule has 1 saturated carbocycles. The SMILES string of the molecule is O=C1O[C@]2(CC[C@H](C(Nc3nc(-c4ccccn4)cs3)n3nnc4ccccc43)CC2)CN1c1ccccn1. The van der Waals surface area contributed by atoms with Gasteiger partial charge in [0.2, 0.25) is 0 Å². The lowest BCUT2D eigenvalue weighted by molar-refractivity contribution is 0.00716. The Morgan fingerprint density at radius 2 is 1.77 bits per heavy atom. The minimum atomic E-state index is -0.507. The average Bonchev–Trinajstić information content (AvgIpc) is 3.71. The summed E-state index contributed by atoms with van der Waals surface area (Å²) in [5.41, 5.74) is 2.98. The molecule has 2 aliphatic rings. The molecule has 0 bridgehead atoms. The zero-order chi connectivity index (χ0) is 26.2. The van der Waals surface area contributed by atoms with Gasteiger partial charge in [-0.25, -0.2) is 19.4 Å². The summed E-state index contributed by atoms with van der Waals surface area (Å²) < 4.78 is 7.96. The summed E-state index contributed by atoms with van der Waals surface area (Å²) in [7, 11) is 0. The summed E-state index contributed by atoms with van der Waals surface area (Å²) in [5, 5.41) is 15.5. The number of nitrogens with zero attached hydrogens (tertiary/aromatic N) is 7. The monoisotopic (exact) mass is 538 g/mol. The predicted octanol–water partition coefficient (Wildman–Crippen LogP) is 5.54. The van der Waals surface area contributed by atoms with Gasteiger partial charge in [-0.1, -0.05) is 29.5 Å². The zero-order valence-corrected chi connectivity index (χ0v) is 21.9. The van der Waals surface area contributed by atoms with Crippen molar-refractivity contribution in [1.82, 2.24) is 29.9 Å². The van der Waals surface area contributed by atoms with Crippen molar-refractivity contribution < 1.29 is 9.53 Å². The molecule has 1 aliphatic heterocycles. The second-order valence-electron chi connectivity index (χ2n) is 10.0. The third kappa shape index (κ3) is 4.48. The second-order valence-corrected chi connectivity index (χ2v) is 10.9. The number of nitrogens with one attached hydrogen (secondary N) is 1. The Morgan fingerprint density at radius 3 is 2.56 bits per heavy atom. The molecule has 5 aromatic rings. The van der Waals surface area contributed by atoms with E-state index < -0.39 is 5.60 Å². The first-order valence-corrected chi connectivity index (χ1v) is 13.9. The van der Waals surface area contributed by atoms with E-state index in [-0.39, 0.29) is 18.2 Å². The van der Waals surface area contributed by atoms with Crippen LogP contribution in [0.25, 0.3) is 22.4 Å². The van der Waals surface area contributed by atoms with Gasteiger partial charge in [-0.3, -0.25) is 9.88 Å². The van der Waals surface area contributed by atoms with Crippen molar-refractivity contribution >= 4 is 39.4 Å². The summed E-state index contributed by atoms with van der Waals surface area (Å²) in [6, 6.07) is 19.4. The number of anilines is 2. The van der Waals surface area contributed by atoms with Crippen molar-refractivity contribution in [2.45, 2.75) is 37.5 Å².